The third-order valence-electron chi connectivity index (χ3n) is 3.43. The van der Waals surface area contributed by atoms with Gasteiger partial charge in [0, 0.05) is 21.2 Å². The van der Waals surface area contributed by atoms with E-state index in [0.717, 1.165) is 19.3 Å². The van der Waals surface area contributed by atoms with Crippen LogP contribution in [0.2, 0.25) is 5.02 Å². The molecule has 2 rings (SSSR count). The molecule has 1 aromatic carbocycles. The molecule has 4 nitrogen and oxygen atoms in total. The van der Waals surface area contributed by atoms with Crippen LogP contribution in [-0.4, -0.2) is 20.4 Å². The maximum Gasteiger partial charge on any atom is 0.262 e. The van der Waals surface area contributed by atoms with E-state index in [9.17, 15) is 13.2 Å². The molecule has 0 saturated heterocycles. The maximum atomic E-state index is 12.2. The minimum absolute atomic E-state index is 0.112. The summed E-state index contributed by atoms with van der Waals surface area (Å²) in [7, 11) is 1.39. The lowest BCUT2D eigenvalue weighted by Crippen LogP contribution is -2.27. The smallest absolute Gasteiger partial charge is 0.262 e. The maximum absolute atomic E-state index is 12.2. The SMILES string of the molecule is CCCC1CC1NC(=O)c1cc(S(=O)(=O)Cl)c(Br)cc1Cl. The van der Waals surface area contributed by atoms with Gasteiger partial charge in [0.2, 0.25) is 0 Å². The molecule has 1 aromatic rings. The van der Waals surface area contributed by atoms with Crippen LogP contribution in [0.1, 0.15) is 36.5 Å². The molecule has 2 atom stereocenters. The molecule has 1 aliphatic carbocycles. The van der Waals surface area contributed by atoms with Crippen molar-refractivity contribution in [2.45, 2.75) is 37.1 Å². The highest BCUT2D eigenvalue weighted by atomic mass is 79.9. The molecule has 0 aromatic heterocycles. The van der Waals surface area contributed by atoms with Crippen LogP contribution < -0.4 is 5.32 Å². The van der Waals surface area contributed by atoms with Gasteiger partial charge < -0.3 is 5.32 Å². The molecule has 0 spiro atoms. The summed E-state index contributed by atoms with van der Waals surface area (Å²) in [6, 6.07) is 2.71. The van der Waals surface area contributed by atoms with Gasteiger partial charge in [-0.15, -0.1) is 0 Å². The summed E-state index contributed by atoms with van der Waals surface area (Å²) in [6.07, 6.45) is 3.10. The lowest BCUT2D eigenvalue weighted by atomic mass is 10.2. The van der Waals surface area contributed by atoms with Crippen molar-refractivity contribution in [3.63, 3.8) is 0 Å². The normalized spacial score (nSPS) is 21.1. The molecule has 1 saturated carbocycles. The minimum atomic E-state index is -3.95. The predicted octanol–water partition coefficient (Wildman–Crippen LogP) is 3.95. The molecule has 1 aliphatic rings. The molecule has 1 amide bonds. The number of amides is 1. The van der Waals surface area contributed by atoms with E-state index >= 15 is 0 Å². The first-order valence-electron chi connectivity index (χ1n) is 6.48. The summed E-state index contributed by atoms with van der Waals surface area (Å²) in [5.74, 6) is 0.127. The zero-order valence-electron chi connectivity index (χ0n) is 11.2. The number of benzene rings is 1. The van der Waals surface area contributed by atoms with Gasteiger partial charge in [-0.2, -0.15) is 0 Å². The summed E-state index contributed by atoms with van der Waals surface area (Å²) in [5.41, 5.74) is 0.112. The minimum Gasteiger partial charge on any atom is -0.349 e. The van der Waals surface area contributed by atoms with E-state index in [1.54, 1.807) is 0 Å². The number of hydrogen-bond donors (Lipinski definition) is 1. The highest BCUT2D eigenvalue weighted by molar-refractivity contribution is 9.10. The fourth-order valence-corrected chi connectivity index (χ4v) is 4.83. The van der Waals surface area contributed by atoms with Crippen LogP contribution in [0.3, 0.4) is 0 Å². The number of halogens is 3. The van der Waals surface area contributed by atoms with Crippen molar-refractivity contribution in [1.29, 1.82) is 0 Å². The van der Waals surface area contributed by atoms with Crippen molar-refractivity contribution in [3.8, 4) is 0 Å². The second-order valence-corrected chi connectivity index (χ2v) is 8.86. The van der Waals surface area contributed by atoms with Gasteiger partial charge in [-0.05, 0) is 46.8 Å². The average Bonchev–Trinajstić information content (AvgIpc) is 3.05. The van der Waals surface area contributed by atoms with E-state index in [1.807, 2.05) is 0 Å². The fourth-order valence-electron chi connectivity index (χ4n) is 2.25. The quantitative estimate of drug-likeness (QED) is 0.742. The molecule has 0 radical (unpaired) electrons. The van der Waals surface area contributed by atoms with Crippen molar-refractivity contribution in [3.05, 3.63) is 27.2 Å². The Kier molecular flexibility index (Phi) is 5.23. The first-order valence-corrected chi connectivity index (χ1v) is 9.96. The first kappa shape index (κ1) is 17.1. The van der Waals surface area contributed by atoms with Gasteiger partial charge in [0.1, 0.15) is 0 Å². The summed E-state index contributed by atoms with van der Waals surface area (Å²) in [6.45, 7) is 2.10. The van der Waals surface area contributed by atoms with Crippen LogP contribution in [0, 0.1) is 5.92 Å². The Bertz CT molecular complexity index is 678. The van der Waals surface area contributed by atoms with E-state index in [-0.39, 0.29) is 31.9 Å². The summed E-state index contributed by atoms with van der Waals surface area (Å²) in [5, 5.41) is 3.04. The van der Waals surface area contributed by atoms with Gasteiger partial charge in [0.05, 0.1) is 15.5 Å². The Morgan fingerprint density at radius 3 is 2.71 bits per heavy atom. The molecule has 8 heteroatoms. The molecule has 21 heavy (non-hydrogen) atoms. The van der Waals surface area contributed by atoms with Gasteiger partial charge in [0.15, 0.2) is 0 Å². The Balaban J connectivity index is 2.22. The fraction of sp³-hybridized carbons (Fsp3) is 0.462. The van der Waals surface area contributed by atoms with Crippen molar-refractivity contribution in [2.75, 3.05) is 0 Å². The van der Waals surface area contributed by atoms with Crippen molar-refractivity contribution >= 4 is 53.2 Å². The number of carbonyl (C=O) groups excluding carboxylic acids is 1. The van der Waals surface area contributed by atoms with Gasteiger partial charge in [-0.1, -0.05) is 24.9 Å². The Hall–Kier alpha value is -0.300. The van der Waals surface area contributed by atoms with Crippen LogP contribution in [0.4, 0.5) is 0 Å². The molecule has 2 unspecified atom stereocenters. The Labute approximate surface area is 141 Å². The molecule has 0 bridgehead atoms. The monoisotopic (exact) mass is 413 g/mol. The third kappa shape index (κ3) is 4.12. The highest BCUT2D eigenvalue weighted by Crippen LogP contribution is 2.36. The molecule has 1 N–H and O–H groups in total. The number of carbonyl (C=O) groups is 1. The van der Waals surface area contributed by atoms with E-state index in [1.165, 1.54) is 12.1 Å². The molecular weight excluding hydrogens is 401 g/mol. The van der Waals surface area contributed by atoms with E-state index in [2.05, 4.69) is 28.2 Å². The zero-order chi connectivity index (χ0) is 15.8. The van der Waals surface area contributed by atoms with Crippen molar-refractivity contribution in [2.24, 2.45) is 5.92 Å². The second-order valence-electron chi connectivity index (χ2n) is 5.06. The van der Waals surface area contributed by atoms with E-state index in [0.29, 0.717) is 5.92 Å². The van der Waals surface area contributed by atoms with Crippen molar-refractivity contribution < 1.29 is 13.2 Å². The third-order valence-corrected chi connectivity index (χ3v) is 6.02. The number of rotatable bonds is 5. The largest absolute Gasteiger partial charge is 0.349 e. The average molecular weight is 415 g/mol. The Morgan fingerprint density at radius 1 is 1.48 bits per heavy atom. The second kappa shape index (κ2) is 6.44. The molecule has 116 valence electrons. The standard InChI is InChI=1S/C13H14BrCl2NO3S/c1-2-3-7-4-11(7)17-13(18)8-5-12(21(16,19)20)9(14)6-10(8)15/h5-7,11H,2-4H2,1H3,(H,17,18). The van der Waals surface area contributed by atoms with Crippen LogP contribution in [0.5, 0.6) is 0 Å². The zero-order valence-corrected chi connectivity index (χ0v) is 15.1. The summed E-state index contributed by atoms with van der Waals surface area (Å²) >= 11 is 9.10. The number of nitrogens with one attached hydrogen (secondary N) is 1. The van der Waals surface area contributed by atoms with Crippen molar-refractivity contribution in [1.82, 2.24) is 5.32 Å². The van der Waals surface area contributed by atoms with Crippen LogP contribution >= 0.6 is 38.2 Å². The molecular formula is C13H14BrCl2NO3S. The predicted molar refractivity (Wildman–Crippen MR) is 86.5 cm³/mol. The highest BCUT2D eigenvalue weighted by Gasteiger charge is 2.37. The van der Waals surface area contributed by atoms with E-state index in [4.69, 9.17) is 22.3 Å². The summed E-state index contributed by atoms with van der Waals surface area (Å²) < 4.78 is 23.2. The number of hydrogen-bond acceptors (Lipinski definition) is 3. The lowest BCUT2D eigenvalue weighted by molar-refractivity contribution is 0.0948. The molecule has 1 fully saturated rings. The van der Waals surface area contributed by atoms with Crippen LogP contribution in [-0.2, 0) is 9.05 Å². The van der Waals surface area contributed by atoms with Gasteiger partial charge in [-0.3, -0.25) is 4.79 Å². The molecule has 0 aliphatic heterocycles. The van der Waals surface area contributed by atoms with Gasteiger partial charge in [-0.25, -0.2) is 8.42 Å². The lowest BCUT2D eigenvalue weighted by Gasteiger charge is -2.09. The van der Waals surface area contributed by atoms with Crippen LogP contribution in [0.15, 0.2) is 21.5 Å². The van der Waals surface area contributed by atoms with E-state index < -0.39 is 9.05 Å². The Morgan fingerprint density at radius 2 is 2.14 bits per heavy atom. The van der Waals surface area contributed by atoms with Gasteiger partial charge >= 0.3 is 0 Å². The topological polar surface area (TPSA) is 63.2 Å². The summed E-state index contributed by atoms with van der Waals surface area (Å²) in [4.78, 5) is 12.0. The van der Waals surface area contributed by atoms with Crippen LogP contribution in [0.25, 0.3) is 0 Å². The van der Waals surface area contributed by atoms with Gasteiger partial charge in [0.25, 0.3) is 15.0 Å². The molecule has 0 heterocycles. The first-order chi connectivity index (χ1) is 9.74.